The summed E-state index contributed by atoms with van der Waals surface area (Å²) >= 11 is 0. The van der Waals surface area contributed by atoms with E-state index in [9.17, 15) is 4.39 Å². The van der Waals surface area contributed by atoms with Gasteiger partial charge in [0.2, 0.25) is 0 Å². The molecule has 0 bridgehead atoms. The third-order valence-electron chi connectivity index (χ3n) is 6.72. The van der Waals surface area contributed by atoms with Crippen molar-refractivity contribution >= 4 is 0 Å². The number of rotatable bonds is 5. The molecule has 0 unspecified atom stereocenters. The van der Waals surface area contributed by atoms with Gasteiger partial charge in [-0.1, -0.05) is 25.0 Å². The summed E-state index contributed by atoms with van der Waals surface area (Å²) in [5.74, 6) is 1.96. The number of hydrogen-bond donors (Lipinski definition) is 0. The van der Waals surface area contributed by atoms with E-state index in [0.717, 1.165) is 30.2 Å². The highest BCUT2D eigenvalue weighted by molar-refractivity contribution is 5.33. The first-order valence-corrected chi connectivity index (χ1v) is 10.5. The standard InChI is InChI=1S/C24H29FN2/c25-24(17-27)15-20-5-3-18(4-6-20)1-2-19-7-11-22(12-8-19)23-13-9-21(16-26)10-14-23/h9-10,13-15,18-20,22H,1-8,11-12H2/b24-15-/t18-,19-,20-,22-. The van der Waals surface area contributed by atoms with Gasteiger partial charge in [0.25, 0.3) is 0 Å². The molecule has 0 saturated heterocycles. The summed E-state index contributed by atoms with van der Waals surface area (Å²) in [5.41, 5.74) is 2.14. The van der Waals surface area contributed by atoms with E-state index in [1.165, 1.54) is 63.0 Å². The first-order chi connectivity index (χ1) is 13.2. The van der Waals surface area contributed by atoms with Gasteiger partial charge in [-0.15, -0.1) is 0 Å². The molecule has 2 fully saturated rings. The van der Waals surface area contributed by atoms with Gasteiger partial charge >= 0.3 is 0 Å². The van der Waals surface area contributed by atoms with Gasteiger partial charge in [0, 0.05) is 0 Å². The predicted octanol–water partition coefficient (Wildman–Crippen LogP) is 6.80. The van der Waals surface area contributed by atoms with Crippen LogP contribution in [0.5, 0.6) is 0 Å². The Morgan fingerprint density at radius 1 is 0.889 bits per heavy atom. The maximum absolute atomic E-state index is 13.1. The van der Waals surface area contributed by atoms with Gasteiger partial charge in [-0.2, -0.15) is 14.9 Å². The molecule has 1 aromatic rings. The molecule has 0 radical (unpaired) electrons. The largest absolute Gasteiger partial charge is 0.196 e. The van der Waals surface area contributed by atoms with Crippen LogP contribution in [0.2, 0.25) is 0 Å². The second kappa shape index (κ2) is 9.70. The van der Waals surface area contributed by atoms with Crippen LogP contribution in [0.1, 0.15) is 81.3 Å². The number of nitrogens with zero attached hydrogens (tertiary/aromatic N) is 2. The minimum Gasteiger partial charge on any atom is -0.195 e. The van der Waals surface area contributed by atoms with E-state index in [4.69, 9.17) is 10.5 Å². The molecule has 1 aromatic carbocycles. The van der Waals surface area contributed by atoms with Crippen molar-refractivity contribution in [1.82, 2.24) is 0 Å². The summed E-state index contributed by atoms with van der Waals surface area (Å²) in [7, 11) is 0. The van der Waals surface area contributed by atoms with E-state index in [2.05, 4.69) is 18.2 Å². The molecule has 2 aliphatic rings. The molecular formula is C24H29FN2. The van der Waals surface area contributed by atoms with Gasteiger partial charge in [-0.3, -0.25) is 0 Å². The molecule has 3 heteroatoms. The molecule has 0 spiro atoms. The minimum absolute atomic E-state index is 0.267. The van der Waals surface area contributed by atoms with Crippen molar-refractivity contribution in [2.24, 2.45) is 17.8 Å². The van der Waals surface area contributed by atoms with E-state index in [0.29, 0.717) is 5.92 Å². The van der Waals surface area contributed by atoms with E-state index >= 15 is 0 Å². The van der Waals surface area contributed by atoms with Crippen molar-refractivity contribution in [2.75, 3.05) is 0 Å². The molecule has 0 heterocycles. The lowest BCUT2D eigenvalue weighted by Gasteiger charge is -2.31. The average molecular weight is 365 g/mol. The van der Waals surface area contributed by atoms with Gasteiger partial charge in [0.05, 0.1) is 11.6 Å². The highest BCUT2D eigenvalue weighted by Crippen LogP contribution is 2.40. The van der Waals surface area contributed by atoms with Crippen LogP contribution in [0.25, 0.3) is 0 Å². The van der Waals surface area contributed by atoms with Gasteiger partial charge in [0.1, 0.15) is 6.07 Å². The first kappa shape index (κ1) is 19.6. The molecule has 0 aromatic heterocycles. The SMILES string of the molecule is N#C/C(F)=C/[C@H]1CC[C@H](CC[C@H]2CC[C@H](c3ccc(C#N)cc3)CC2)CC1. The Labute approximate surface area is 162 Å². The normalized spacial score (nSPS) is 28.9. The lowest BCUT2D eigenvalue weighted by atomic mass is 9.74. The number of allylic oxidation sites excluding steroid dienone is 2. The van der Waals surface area contributed by atoms with Crippen LogP contribution in [0.15, 0.2) is 36.2 Å². The molecule has 142 valence electrons. The number of hydrogen-bond acceptors (Lipinski definition) is 2. The lowest BCUT2D eigenvalue weighted by molar-refractivity contribution is 0.245. The second-order valence-corrected chi connectivity index (χ2v) is 8.44. The van der Waals surface area contributed by atoms with Crippen LogP contribution in [0, 0.1) is 40.4 Å². The Morgan fingerprint density at radius 3 is 1.96 bits per heavy atom. The zero-order valence-corrected chi connectivity index (χ0v) is 16.0. The maximum atomic E-state index is 13.1. The van der Waals surface area contributed by atoms with E-state index in [-0.39, 0.29) is 5.92 Å². The molecule has 2 saturated carbocycles. The van der Waals surface area contributed by atoms with Gasteiger partial charge in [-0.25, -0.2) is 0 Å². The smallest absolute Gasteiger partial charge is 0.195 e. The maximum Gasteiger partial charge on any atom is 0.196 e. The Balaban J connectivity index is 1.36. The third-order valence-corrected chi connectivity index (χ3v) is 6.72. The number of benzene rings is 1. The van der Waals surface area contributed by atoms with Crippen molar-refractivity contribution in [2.45, 2.75) is 70.1 Å². The topological polar surface area (TPSA) is 47.6 Å². The summed E-state index contributed by atoms with van der Waals surface area (Å²) in [5, 5.41) is 17.5. The van der Waals surface area contributed by atoms with Crippen LogP contribution in [-0.4, -0.2) is 0 Å². The van der Waals surface area contributed by atoms with Crippen molar-refractivity contribution in [3.05, 3.63) is 47.3 Å². The first-order valence-electron chi connectivity index (χ1n) is 10.5. The second-order valence-electron chi connectivity index (χ2n) is 8.44. The Bertz CT molecular complexity index is 706. The summed E-state index contributed by atoms with van der Waals surface area (Å²) in [6.45, 7) is 0. The monoisotopic (exact) mass is 364 g/mol. The van der Waals surface area contributed by atoms with Gasteiger partial charge in [-0.05, 0) is 98.8 Å². The van der Waals surface area contributed by atoms with Gasteiger partial charge in [0.15, 0.2) is 5.83 Å². The van der Waals surface area contributed by atoms with Crippen LogP contribution in [-0.2, 0) is 0 Å². The highest BCUT2D eigenvalue weighted by atomic mass is 19.1. The zero-order chi connectivity index (χ0) is 19.1. The van der Waals surface area contributed by atoms with Crippen molar-refractivity contribution in [3.8, 4) is 12.1 Å². The Hall–Kier alpha value is -2.13. The number of nitriles is 2. The molecular weight excluding hydrogens is 335 g/mol. The Kier molecular flexibility index (Phi) is 7.05. The summed E-state index contributed by atoms with van der Waals surface area (Å²) in [6, 6.07) is 11.9. The van der Waals surface area contributed by atoms with Gasteiger partial charge < -0.3 is 0 Å². The summed E-state index contributed by atoms with van der Waals surface area (Å²) < 4.78 is 13.1. The zero-order valence-electron chi connectivity index (χ0n) is 16.0. The van der Waals surface area contributed by atoms with E-state index in [1.54, 1.807) is 6.07 Å². The highest BCUT2D eigenvalue weighted by Gasteiger charge is 2.25. The fraction of sp³-hybridized carbons (Fsp3) is 0.583. The minimum atomic E-state index is -0.613. The molecule has 0 N–H and O–H groups in total. The molecule has 2 aliphatic carbocycles. The van der Waals surface area contributed by atoms with Crippen molar-refractivity contribution in [3.63, 3.8) is 0 Å². The summed E-state index contributed by atoms with van der Waals surface area (Å²) in [6.07, 6.45) is 13.8. The third kappa shape index (κ3) is 5.67. The predicted molar refractivity (Wildman–Crippen MR) is 105 cm³/mol. The van der Waals surface area contributed by atoms with Crippen LogP contribution < -0.4 is 0 Å². The molecule has 0 atom stereocenters. The quantitative estimate of drug-likeness (QED) is 0.540. The molecule has 3 rings (SSSR count). The van der Waals surface area contributed by atoms with Crippen LogP contribution in [0.4, 0.5) is 4.39 Å². The van der Waals surface area contributed by atoms with Crippen LogP contribution >= 0.6 is 0 Å². The van der Waals surface area contributed by atoms with Crippen LogP contribution in [0.3, 0.4) is 0 Å². The fourth-order valence-electron chi connectivity index (χ4n) is 4.97. The summed E-state index contributed by atoms with van der Waals surface area (Å²) in [4.78, 5) is 0. The molecule has 0 aliphatic heterocycles. The molecule has 27 heavy (non-hydrogen) atoms. The Morgan fingerprint density at radius 2 is 1.44 bits per heavy atom. The molecule has 0 amide bonds. The molecule has 2 nitrogen and oxygen atoms in total. The average Bonchev–Trinajstić information content (AvgIpc) is 2.73. The van der Waals surface area contributed by atoms with E-state index < -0.39 is 5.83 Å². The van der Waals surface area contributed by atoms with E-state index in [1.807, 2.05) is 12.1 Å². The fourth-order valence-corrected chi connectivity index (χ4v) is 4.97. The van der Waals surface area contributed by atoms with Crippen molar-refractivity contribution in [1.29, 1.82) is 10.5 Å². The lowest BCUT2D eigenvalue weighted by Crippen LogP contribution is -2.17. The number of halogens is 1. The van der Waals surface area contributed by atoms with Crippen molar-refractivity contribution < 1.29 is 4.39 Å².